The Balaban J connectivity index is 3.56. The second kappa shape index (κ2) is 7.24. The van der Waals surface area contributed by atoms with Gasteiger partial charge in [-0.3, -0.25) is 0 Å². The molecule has 2 nitrogen and oxygen atoms in total. The van der Waals surface area contributed by atoms with Crippen LogP contribution in [0.15, 0.2) is 0 Å². The van der Waals surface area contributed by atoms with Crippen molar-refractivity contribution in [3.63, 3.8) is 0 Å². The maximum absolute atomic E-state index is 9.13. The topological polar surface area (TPSA) is 23.5 Å². The Morgan fingerprint density at radius 3 is 2.14 bits per heavy atom. The fraction of sp³-hybridized carbons (Fsp3) is 1.00. The van der Waals surface area contributed by atoms with Gasteiger partial charge in [-0.2, -0.15) is 0 Å². The molecule has 0 aliphatic rings. The smallest absolute Gasteiger partial charge is 0.0512 e. The highest BCUT2D eigenvalue weighted by Gasteiger charge is 2.10. The number of hydrogen-bond acceptors (Lipinski definition) is 2. The first-order valence-electron chi connectivity index (χ1n) is 5.81. The Kier molecular flexibility index (Phi) is 7.20. The fourth-order valence-corrected chi connectivity index (χ4v) is 1.72. The minimum Gasteiger partial charge on any atom is -0.393 e. The van der Waals surface area contributed by atoms with E-state index in [9.17, 15) is 0 Å². The molecule has 0 spiro atoms. The van der Waals surface area contributed by atoms with Crippen molar-refractivity contribution < 1.29 is 5.11 Å². The molecule has 2 atom stereocenters. The summed E-state index contributed by atoms with van der Waals surface area (Å²) in [5.41, 5.74) is 0. The molecule has 0 amide bonds. The summed E-state index contributed by atoms with van der Waals surface area (Å²) in [5.74, 6) is 0.768. The molecule has 0 rings (SSSR count). The van der Waals surface area contributed by atoms with Gasteiger partial charge in [-0.15, -0.1) is 0 Å². The lowest BCUT2D eigenvalue weighted by Crippen LogP contribution is -2.31. The molecule has 0 aromatic heterocycles. The van der Waals surface area contributed by atoms with E-state index in [2.05, 4.69) is 32.7 Å². The third kappa shape index (κ3) is 7.34. The van der Waals surface area contributed by atoms with Crippen molar-refractivity contribution in [2.24, 2.45) is 5.92 Å². The predicted molar refractivity (Wildman–Crippen MR) is 62.5 cm³/mol. The Morgan fingerprint density at radius 1 is 1.14 bits per heavy atom. The number of hydrogen-bond donors (Lipinski definition) is 1. The van der Waals surface area contributed by atoms with E-state index in [4.69, 9.17) is 5.11 Å². The zero-order valence-electron chi connectivity index (χ0n) is 10.5. The number of rotatable bonds is 7. The van der Waals surface area contributed by atoms with Crippen LogP contribution in [-0.2, 0) is 0 Å². The van der Waals surface area contributed by atoms with Gasteiger partial charge in [0.25, 0.3) is 0 Å². The van der Waals surface area contributed by atoms with Crippen LogP contribution in [0.3, 0.4) is 0 Å². The standard InChI is InChI=1S/C12H27NO/c1-10(2)9-11(3)13(5)8-6-7-12(4)14/h10-12,14H,6-9H2,1-5H3. The van der Waals surface area contributed by atoms with Crippen LogP contribution in [0.5, 0.6) is 0 Å². The number of aliphatic hydroxyl groups excluding tert-OH is 1. The second-order valence-corrected chi connectivity index (χ2v) is 4.95. The van der Waals surface area contributed by atoms with Gasteiger partial charge in [0.15, 0.2) is 0 Å². The molecule has 0 fully saturated rings. The molecule has 0 aromatic carbocycles. The van der Waals surface area contributed by atoms with Crippen LogP contribution in [0.25, 0.3) is 0 Å². The number of aliphatic hydroxyl groups is 1. The van der Waals surface area contributed by atoms with Crippen molar-refractivity contribution in [3.8, 4) is 0 Å². The molecule has 0 heterocycles. The average molecular weight is 201 g/mol. The van der Waals surface area contributed by atoms with Gasteiger partial charge in [0.05, 0.1) is 6.10 Å². The monoisotopic (exact) mass is 201 g/mol. The molecule has 0 aliphatic carbocycles. The molecule has 0 bridgehead atoms. The average Bonchev–Trinajstić information content (AvgIpc) is 2.01. The maximum atomic E-state index is 9.13. The van der Waals surface area contributed by atoms with Gasteiger partial charge in [-0.1, -0.05) is 13.8 Å². The predicted octanol–water partition coefficient (Wildman–Crippen LogP) is 2.51. The van der Waals surface area contributed by atoms with Crippen LogP contribution >= 0.6 is 0 Å². The van der Waals surface area contributed by atoms with Gasteiger partial charge >= 0.3 is 0 Å². The molecule has 86 valence electrons. The normalized spacial score (nSPS) is 16.3. The first-order valence-corrected chi connectivity index (χ1v) is 5.81. The summed E-state index contributed by atoms with van der Waals surface area (Å²) in [7, 11) is 2.18. The lowest BCUT2D eigenvalue weighted by Gasteiger charge is -2.26. The van der Waals surface area contributed by atoms with Crippen molar-refractivity contribution >= 4 is 0 Å². The highest BCUT2D eigenvalue weighted by Crippen LogP contribution is 2.10. The second-order valence-electron chi connectivity index (χ2n) is 4.95. The summed E-state index contributed by atoms with van der Waals surface area (Å²) < 4.78 is 0. The van der Waals surface area contributed by atoms with Crippen LogP contribution in [0.2, 0.25) is 0 Å². The van der Waals surface area contributed by atoms with E-state index in [1.54, 1.807) is 0 Å². The van der Waals surface area contributed by atoms with Crippen LogP contribution < -0.4 is 0 Å². The van der Waals surface area contributed by atoms with E-state index in [0.717, 1.165) is 25.3 Å². The fourth-order valence-electron chi connectivity index (χ4n) is 1.72. The zero-order chi connectivity index (χ0) is 11.1. The highest BCUT2D eigenvalue weighted by molar-refractivity contribution is 4.65. The number of nitrogens with zero attached hydrogens (tertiary/aromatic N) is 1. The van der Waals surface area contributed by atoms with E-state index in [0.29, 0.717) is 6.04 Å². The van der Waals surface area contributed by atoms with Gasteiger partial charge < -0.3 is 10.0 Å². The van der Waals surface area contributed by atoms with Gasteiger partial charge in [0.1, 0.15) is 0 Å². The maximum Gasteiger partial charge on any atom is 0.0512 e. The largest absolute Gasteiger partial charge is 0.393 e. The van der Waals surface area contributed by atoms with Crippen LogP contribution in [0.4, 0.5) is 0 Å². The summed E-state index contributed by atoms with van der Waals surface area (Å²) in [5, 5.41) is 9.13. The van der Waals surface area contributed by atoms with Crippen molar-refractivity contribution in [3.05, 3.63) is 0 Å². The minimum atomic E-state index is -0.149. The molecule has 0 aliphatic heterocycles. The van der Waals surface area contributed by atoms with E-state index < -0.39 is 0 Å². The summed E-state index contributed by atoms with van der Waals surface area (Å²) >= 11 is 0. The van der Waals surface area contributed by atoms with Crippen molar-refractivity contribution in [2.45, 2.75) is 59.1 Å². The molecular formula is C12H27NO. The van der Waals surface area contributed by atoms with Crippen LogP contribution in [-0.4, -0.2) is 35.7 Å². The van der Waals surface area contributed by atoms with E-state index in [1.165, 1.54) is 6.42 Å². The van der Waals surface area contributed by atoms with Gasteiger partial charge in [0, 0.05) is 6.04 Å². The van der Waals surface area contributed by atoms with E-state index >= 15 is 0 Å². The minimum absolute atomic E-state index is 0.149. The third-order valence-corrected chi connectivity index (χ3v) is 2.70. The SMILES string of the molecule is CC(C)CC(C)N(C)CCCC(C)O. The molecule has 2 unspecified atom stereocenters. The summed E-state index contributed by atoms with van der Waals surface area (Å²) in [6, 6.07) is 0.656. The van der Waals surface area contributed by atoms with Crippen LogP contribution in [0.1, 0.15) is 47.0 Å². The first-order chi connectivity index (χ1) is 6.43. The molecule has 0 aromatic rings. The lowest BCUT2D eigenvalue weighted by molar-refractivity contribution is 0.165. The molecule has 0 saturated heterocycles. The quantitative estimate of drug-likeness (QED) is 0.684. The molecule has 0 radical (unpaired) electrons. The lowest BCUT2D eigenvalue weighted by atomic mass is 10.0. The summed E-state index contributed by atoms with van der Waals surface area (Å²) in [4.78, 5) is 2.39. The molecule has 1 N–H and O–H groups in total. The summed E-state index contributed by atoms with van der Waals surface area (Å²) in [6.07, 6.45) is 3.12. The van der Waals surface area contributed by atoms with Gasteiger partial charge in [-0.05, 0) is 52.6 Å². The van der Waals surface area contributed by atoms with Gasteiger partial charge in [0.2, 0.25) is 0 Å². The van der Waals surface area contributed by atoms with E-state index in [1.807, 2.05) is 6.92 Å². The van der Waals surface area contributed by atoms with Crippen molar-refractivity contribution in [2.75, 3.05) is 13.6 Å². The zero-order valence-corrected chi connectivity index (χ0v) is 10.5. The summed E-state index contributed by atoms with van der Waals surface area (Å²) in [6.45, 7) is 9.76. The Bertz CT molecular complexity index is 134. The molecule has 14 heavy (non-hydrogen) atoms. The van der Waals surface area contributed by atoms with E-state index in [-0.39, 0.29) is 6.10 Å². The van der Waals surface area contributed by atoms with Crippen molar-refractivity contribution in [1.82, 2.24) is 4.90 Å². The molecule has 2 heteroatoms. The third-order valence-electron chi connectivity index (χ3n) is 2.70. The Hall–Kier alpha value is -0.0800. The van der Waals surface area contributed by atoms with Crippen LogP contribution in [0, 0.1) is 5.92 Å². The first kappa shape index (κ1) is 13.9. The molecular weight excluding hydrogens is 174 g/mol. The highest BCUT2D eigenvalue weighted by atomic mass is 16.3. The Morgan fingerprint density at radius 2 is 1.71 bits per heavy atom. The van der Waals surface area contributed by atoms with Gasteiger partial charge in [-0.25, -0.2) is 0 Å². The molecule has 0 saturated carbocycles. The van der Waals surface area contributed by atoms with Crippen molar-refractivity contribution in [1.29, 1.82) is 0 Å². The Labute approximate surface area is 89.3 Å².